The van der Waals surface area contributed by atoms with Crippen molar-refractivity contribution in [3.8, 4) is 0 Å². The minimum atomic E-state index is -3.50. The zero-order chi connectivity index (χ0) is 14.8. The molecule has 3 N–H and O–H groups in total. The standard InChI is InChI=1S/C11H17N3O3S2/c1-5-6-13-10(15)8-7(12)9(19(4,16)17)11(18-8)14(2)3/h5H,1,6,12H2,2-4H3,(H,13,15). The Kier molecular flexibility index (Phi) is 4.59. The Balaban J connectivity index is 3.38. The number of carbonyl (C=O) groups excluding carboxylic acids is 1. The normalized spacial score (nSPS) is 11.1. The van der Waals surface area contributed by atoms with E-state index in [4.69, 9.17) is 5.73 Å². The second-order valence-electron chi connectivity index (χ2n) is 4.14. The molecule has 0 aliphatic heterocycles. The summed E-state index contributed by atoms with van der Waals surface area (Å²) in [7, 11) is -0.0992. The first-order chi connectivity index (χ1) is 8.70. The van der Waals surface area contributed by atoms with Crippen molar-refractivity contribution in [1.82, 2.24) is 5.32 Å². The van der Waals surface area contributed by atoms with E-state index in [0.29, 0.717) is 11.5 Å². The molecular formula is C11H17N3O3S2. The maximum atomic E-state index is 11.9. The van der Waals surface area contributed by atoms with Crippen molar-refractivity contribution in [2.45, 2.75) is 4.90 Å². The topological polar surface area (TPSA) is 92.5 Å². The molecule has 0 fully saturated rings. The zero-order valence-corrected chi connectivity index (χ0v) is 12.7. The molecule has 1 aromatic rings. The van der Waals surface area contributed by atoms with Gasteiger partial charge in [-0.25, -0.2) is 8.42 Å². The summed E-state index contributed by atoms with van der Waals surface area (Å²) in [5, 5.41) is 3.03. The number of thiophene rings is 1. The van der Waals surface area contributed by atoms with Gasteiger partial charge in [0.05, 0.1) is 5.69 Å². The van der Waals surface area contributed by atoms with Crippen LogP contribution < -0.4 is 16.0 Å². The van der Waals surface area contributed by atoms with Gasteiger partial charge < -0.3 is 16.0 Å². The Bertz CT molecular complexity index is 603. The summed E-state index contributed by atoms with van der Waals surface area (Å²) in [5.74, 6) is -0.402. The molecule has 0 bridgehead atoms. The fourth-order valence-corrected chi connectivity index (χ4v) is 4.08. The Morgan fingerprint density at radius 2 is 2.11 bits per heavy atom. The Hall–Kier alpha value is -1.54. The first-order valence-electron chi connectivity index (χ1n) is 5.38. The number of anilines is 2. The van der Waals surface area contributed by atoms with Crippen molar-refractivity contribution in [1.29, 1.82) is 0 Å². The lowest BCUT2D eigenvalue weighted by Crippen LogP contribution is -2.23. The predicted octanol–water partition coefficient (Wildman–Crippen LogP) is 0.716. The zero-order valence-electron chi connectivity index (χ0n) is 11.1. The lowest BCUT2D eigenvalue weighted by atomic mass is 10.3. The number of rotatable bonds is 5. The summed E-state index contributed by atoms with van der Waals surface area (Å²) in [6, 6.07) is 0. The van der Waals surface area contributed by atoms with E-state index in [1.807, 2.05) is 0 Å². The van der Waals surface area contributed by atoms with Crippen LogP contribution in [0.4, 0.5) is 10.7 Å². The number of amides is 1. The summed E-state index contributed by atoms with van der Waals surface area (Å²) in [6.07, 6.45) is 2.61. The van der Waals surface area contributed by atoms with Crippen molar-refractivity contribution < 1.29 is 13.2 Å². The van der Waals surface area contributed by atoms with Crippen LogP contribution in [0.15, 0.2) is 17.6 Å². The predicted molar refractivity (Wildman–Crippen MR) is 78.7 cm³/mol. The second kappa shape index (κ2) is 5.62. The van der Waals surface area contributed by atoms with E-state index < -0.39 is 15.7 Å². The van der Waals surface area contributed by atoms with Crippen LogP contribution in [0.5, 0.6) is 0 Å². The molecule has 0 aromatic carbocycles. The van der Waals surface area contributed by atoms with Gasteiger partial charge in [0.25, 0.3) is 5.91 Å². The monoisotopic (exact) mass is 303 g/mol. The number of nitrogens with two attached hydrogens (primary N) is 1. The van der Waals surface area contributed by atoms with Crippen molar-refractivity contribution in [3.63, 3.8) is 0 Å². The molecule has 0 radical (unpaired) electrons. The van der Waals surface area contributed by atoms with Crippen molar-refractivity contribution >= 4 is 37.8 Å². The summed E-state index contributed by atoms with van der Waals surface area (Å²) < 4.78 is 23.6. The highest BCUT2D eigenvalue weighted by Crippen LogP contribution is 2.40. The van der Waals surface area contributed by atoms with Crippen LogP contribution in [0.1, 0.15) is 9.67 Å². The van der Waals surface area contributed by atoms with Crippen LogP contribution in [0.25, 0.3) is 0 Å². The molecule has 0 spiro atoms. The molecule has 8 heteroatoms. The summed E-state index contributed by atoms with van der Waals surface area (Å²) >= 11 is 1.06. The third kappa shape index (κ3) is 3.27. The van der Waals surface area contributed by atoms with Crippen molar-refractivity contribution in [2.75, 3.05) is 37.5 Å². The van der Waals surface area contributed by atoms with E-state index in [-0.39, 0.29) is 15.5 Å². The van der Waals surface area contributed by atoms with Crippen LogP contribution in [-0.4, -0.2) is 41.2 Å². The van der Waals surface area contributed by atoms with Gasteiger partial charge in [0.2, 0.25) is 0 Å². The first kappa shape index (κ1) is 15.5. The van der Waals surface area contributed by atoms with E-state index >= 15 is 0 Å². The minimum Gasteiger partial charge on any atom is -0.396 e. The molecule has 106 valence electrons. The van der Waals surface area contributed by atoms with Crippen LogP contribution in [0.2, 0.25) is 0 Å². The van der Waals surface area contributed by atoms with Gasteiger partial charge in [0.15, 0.2) is 9.84 Å². The molecule has 6 nitrogen and oxygen atoms in total. The third-order valence-corrected chi connectivity index (χ3v) is 4.93. The van der Waals surface area contributed by atoms with E-state index in [1.54, 1.807) is 19.0 Å². The molecule has 0 unspecified atom stereocenters. The maximum Gasteiger partial charge on any atom is 0.263 e. The number of hydrogen-bond donors (Lipinski definition) is 2. The van der Waals surface area contributed by atoms with Gasteiger partial charge in [-0.05, 0) is 0 Å². The Morgan fingerprint density at radius 1 is 1.53 bits per heavy atom. The van der Waals surface area contributed by atoms with Gasteiger partial charge in [-0.15, -0.1) is 17.9 Å². The minimum absolute atomic E-state index is 0.00207. The molecule has 0 saturated heterocycles. The largest absolute Gasteiger partial charge is 0.396 e. The molecule has 1 amide bonds. The van der Waals surface area contributed by atoms with E-state index in [0.717, 1.165) is 17.6 Å². The van der Waals surface area contributed by atoms with E-state index in [1.165, 1.54) is 6.08 Å². The highest BCUT2D eigenvalue weighted by Gasteiger charge is 2.27. The first-order valence-corrected chi connectivity index (χ1v) is 8.09. The van der Waals surface area contributed by atoms with Crippen LogP contribution in [-0.2, 0) is 9.84 Å². The molecule has 1 aromatic heterocycles. The number of carbonyl (C=O) groups is 1. The quantitative estimate of drug-likeness (QED) is 0.782. The van der Waals surface area contributed by atoms with Crippen molar-refractivity contribution in [2.24, 2.45) is 0 Å². The van der Waals surface area contributed by atoms with E-state index in [9.17, 15) is 13.2 Å². The maximum absolute atomic E-state index is 11.9. The van der Waals surface area contributed by atoms with Crippen LogP contribution >= 0.6 is 11.3 Å². The molecule has 1 heterocycles. The smallest absolute Gasteiger partial charge is 0.263 e. The Labute approximate surface area is 116 Å². The highest BCUT2D eigenvalue weighted by atomic mass is 32.2. The lowest BCUT2D eigenvalue weighted by Gasteiger charge is -2.11. The van der Waals surface area contributed by atoms with Gasteiger partial charge in [0.1, 0.15) is 14.8 Å². The van der Waals surface area contributed by atoms with Crippen LogP contribution in [0, 0.1) is 0 Å². The summed E-state index contributed by atoms with van der Waals surface area (Å²) in [6.45, 7) is 3.79. The summed E-state index contributed by atoms with van der Waals surface area (Å²) in [4.78, 5) is 13.7. The van der Waals surface area contributed by atoms with Gasteiger partial charge in [-0.2, -0.15) is 0 Å². The van der Waals surface area contributed by atoms with Gasteiger partial charge in [-0.1, -0.05) is 6.08 Å². The average Bonchev–Trinajstić information content (AvgIpc) is 2.63. The molecule has 1 rings (SSSR count). The van der Waals surface area contributed by atoms with Gasteiger partial charge in [-0.3, -0.25) is 4.79 Å². The van der Waals surface area contributed by atoms with E-state index in [2.05, 4.69) is 11.9 Å². The average molecular weight is 303 g/mol. The number of nitrogen functional groups attached to an aromatic ring is 1. The second-order valence-corrected chi connectivity index (χ2v) is 7.10. The molecular weight excluding hydrogens is 286 g/mol. The third-order valence-electron chi connectivity index (χ3n) is 2.27. The molecule has 0 aliphatic carbocycles. The SMILES string of the molecule is C=CCNC(=O)c1sc(N(C)C)c(S(C)(=O)=O)c1N. The molecule has 19 heavy (non-hydrogen) atoms. The number of hydrogen-bond acceptors (Lipinski definition) is 6. The molecule has 0 saturated carbocycles. The molecule has 0 aliphatic rings. The number of nitrogens with one attached hydrogen (secondary N) is 1. The van der Waals surface area contributed by atoms with Gasteiger partial charge >= 0.3 is 0 Å². The Morgan fingerprint density at radius 3 is 2.47 bits per heavy atom. The van der Waals surface area contributed by atoms with Crippen LogP contribution in [0.3, 0.4) is 0 Å². The number of sulfone groups is 1. The number of nitrogens with zero attached hydrogens (tertiary/aromatic N) is 1. The van der Waals surface area contributed by atoms with Gasteiger partial charge in [0, 0.05) is 26.9 Å². The summed E-state index contributed by atoms with van der Waals surface area (Å²) in [5.41, 5.74) is 5.82. The molecule has 0 atom stereocenters. The fraction of sp³-hybridized carbons (Fsp3) is 0.364. The lowest BCUT2D eigenvalue weighted by molar-refractivity contribution is 0.0963. The highest BCUT2D eigenvalue weighted by molar-refractivity contribution is 7.91. The van der Waals surface area contributed by atoms with Crippen molar-refractivity contribution in [3.05, 3.63) is 17.5 Å². The fourth-order valence-electron chi connectivity index (χ4n) is 1.48.